The van der Waals surface area contributed by atoms with Gasteiger partial charge in [0.1, 0.15) is 0 Å². The van der Waals surface area contributed by atoms with E-state index >= 15 is 0 Å². The van der Waals surface area contributed by atoms with Crippen LogP contribution in [0.15, 0.2) is 24.3 Å². The lowest BCUT2D eigenvalue weighted by Crippen LogP contribution is -2.36. The molecule has 2 rings (SSSR count). The van der Waals surface area contributed by atoms with Gasteiger partial charge in [0.05, 0.1) is 5.92 Å². The van der Waals surface area contributed by atoms with Crippen molar-refractivity contribution >= 4 is 0 Å². The lowest BCUT2D eigenvalue weighted by atomic mass is 9.90. The molecule has 14 heavy (non-hydrogen) atoms. The first-order valence-corrected chi connectivity index (χ1v) is 4.44. The summed E-state index contributed by atoms with van der Waals surface area (Å²) in [6.07, 6.45) is -4.15. The van der Waals surface area contributed by atoms with E-state index in [1.807, 2.05) is 0 Å². The molecule has 1 N–H and O–H groups in total. The van der Waals surface area contributed by atoms with Crippen LogP contribution in [0.3, 0.4) is 0 Å². The monoisotopic (exact) mass is 201 g/mol. The molecular formula is C10H10F3N. The van der Waals surface area contributed by atoms with Gasteiger partial charge in [-0.1, -0.05) is 24.3 Å². The van der Waals surface area contributed by atoms with Crippen molar-refractivity contribution in [3.63, 3.8) is 0 Å². The van der Waals surface area contributed by atoms with Crippen LogP contribution < -0.4 is 5.32 Å². The van der Waals surface area contributed by atoms with Gasteiger partial charge in [-0.05, 0) is 11.1 Å². The zero-order valence-corrected chi connectivity index (χ0v) is 7.43. The summed E-state index contributed by atoms with van der Waals surface area (Å²) in [5, 5.41) is 2.78. The molecule has 0 bridgehead atoms. The molecule has 0 radical (unpaired) electrons. The third-order valence-electron chi connectivity index (χ3n) is 2.49. The fourth-order valence-corrected chi connectivity index (χ4v) is 1.79. The lowest BCUT2D eigenvalue weighted by Gasteiger charge is -2.27. The van der Waals surface area contributed by atoms with E-state index in [-0.39, 0.29) is 6.54 Å². The van der Waals surface area contributed by atoms with Gasteiger partial charge in [0.25, 0.3) is 0 Å². The highest BCUT2D eigenvalue weighted by atomic mass is 19.4. The Morgan fingerprint density at radius 2 is 1.93 bits per heavy atom. The SMILES string of the molecule is FC(F)(F)C1CNCc2ccccc21. The molecule has 1 heterocycles. The van der Waals surface area contributed by atoms with Crippen LogP contribution in [0.2, 0.25) is 0 Å². The molecular weight excluding hydrogens is 191 g/mol. The molecule has 0 aliphatic carbocycles. The summed E-state index contributed by atoms with van der Waals surface area (Å²) in [5.74, 6) is -1.35. The number of nitrogens with one attached hydrogen (secondary N) is 1. The maximum Gasteiger partial charge on any atom is 0.396 e. The van der Waals surface area contributed by atoms with Crippen molar-refractivity contribution in [3.05, 3.63) is 35.4 Å². The van der Waals surface area contributed by atoms with E-state index in [4.69, 9.17) is 0 Å². The van der Waals surface area contributed by atoms with Gasteiger partial charge in [-0.15, -0.1) is 0 Å². The topological polar surface area (TPSA) is 12.0 Å². The summed E-state index contributed by atoms with van der Waals surface area (Å²) >= 11 is 0. The molecule has 1 atom stereocenters. The quantitative estimate of drug-likeness (QED) is 0.679. The molecule has 0 saturated carbocycles. The molecule has 0 saturated heterocycles. The number of benzene rings is 1. The van der Waals surface area contributed by atoms with Crippen LogP contribution in [0.25, 0.3) is 0 Å². The van der Waals surface area contributed by atoms with Crippen LogP contribution in [-0.2, 0) is 6.54 Å². The fourth-order valence-electron chi connectivity index (χ4n) is 1.79. The number of fused-ring (bicyclic) bond motifs is 1. The van der Waals surface area contributed by atoms with Gasteiger partial charge in [-0.25, -0.2) is 0 Å². The molecule has 4 heteroatoms. The van der Waals surface area contributed by atoms with Crippen molar-refractivity contribution in [2.75, 3.05) is 6.54 Å². The van der Waals surface area contributed by atoms with Gasteiger partial charge < -0.3 is 5.32 Å². The number of halogens is 3. The molecule has 1 aromatic rings. The Labute approximate surface area is 79.9 Å². The first-order chi connectivity index (χ1) is 6.59. The predicted octanol–water partition coefficient (Wildman–Crippen LogP) is 2.44. The summed E-state index contributed by atoms with van der Waals surface area (Å²) in [6, 6.07) is 6.72. The summed E-state index contributed by atoms with van der Waals surface area (Å²) in [4.78, 5) is 0. The summed E-state index contributed by atoms with van der Waals surface area (Å²) < 4.78 is 37.7. The Bertz CT molecular complexity index is 332. The van der Waals surface area contributed by atoms with E-state index in [9.17, 15) is 13.2 Å². The van der Waals surface area contributed by atoms with Gasteiger partial charge >= 0.3 is 6.18 Å². The summed E-state index contributed by atoms with van der Waals surface area (Å²) in [5.41, 5.74) is 1.17. The lowest BCUT2D eigenvalue weighted by molar-refractivity contribution is -0.150. The van der Waals surface area contributed by atoms with Crippen LogP contribution in [-0.4, -0.2) is 12.7 Å². The first kappa shape index (κ1) is 9.52. The van der Waals surface area contributed by atoms with Gasteiger partial charge in [0, 0.05) is 13.1 Å². The van der Waals surface area contributed by atoms with Gasteiger partial charge in [0.15, 0.2) is 0 Å². The van der Waals surface area contributed by atoms with E-state index < -0.39 is 12.1 Å². The number of alkyl halides is 3. The molecule has 0 aromatic heterocycles. The number of hydrogen-bond acceptors (Lipinski definition) is 1. The number of rotatable bonds is 0. The minimum absolute atomic E-state index is 0.0134. The average Bonchev–Trinajstić information content (AvgIpc) is 2.15. The van der Waals surface area contributed by atoms with Crippen molar-refractivity contribution < 1.29 is 13.2 Å². The molecule has 1 aliphatic heterocycles. The third-order valence-corrected chi connectivity index (χ3v) is 2.49. The fraction of sp³-hybridized carbons (Fsp3) is 0.400. The van der Waals surface area contributed by atoms with Crippen molar-refractivity contribution in [1.29, 1.82) is 0 Å². The maximum absolute atomic E-state index is 12.6. The van der Waals surface area contributed by atoms with Crippen molar-refractivity contribution in [2.45, 2.75) is 18.6 Å². The van der Waals surface area contributed by atoms with Gasteiger partial charge in [-0.2, -0.15) is 13.2 Å². The molecule has 76 valence electrons. The largest absolute Gasteiger partial charge is 0.396 e. The highest BCUT2D eigenvalue weighted by Crippen LogP contribution is 2.37. The molecule has 0 fully saturated rings. The van der Waals surface area contributed by atoms with E-state index in [1.165, 1.54) is 0 Å². The molecule has 1 nitrogen and oxygen atoms in total. The van der Waals surface area contributed by atoms with Crippen LogP contribution in [0.4, 0.5) is 13.2 Å². The Kier molecular flexibility index (Phi) is 2.23. The minimum Gasteiger partial charge on any atom is -0.312 e. The Morgan fingerprint density at radius 1 is 1.21 bits per heavy atom. The second-order valence-corrected chi connectivity index (χ2v) is 3.42. The van der Waals surface area contributed by atoms with Gasteiger partial charge in [0.2, 0.25) is 0 Å². The second-order valence-electron chi connectivity index (χ2n) is 3.42. The predicted molar refractivity (Wildman–Crippen MR) is 46.9 cm³/mol. The molecule has 0 spiro atoms. The Morgan fingerprint density at radius 3 is 2.64 bits per heavy atom. The smallest absolute Gasteiger partial charge is 0.312 e. The molecule has 1 unspecified atom stereocenters. The first-order valence-electron chi connectivity index (χ1n) is 4.44. The van der Waals surface area contributed by atoms with E-state index in [0.29, 0.717) is 12.1 Å². The van der Waals surface area contributed by atoms with Crippen LogP contribution >= 0.6 is 0 Å². The van der Waals surface area contributed by atoms with Crippen molar-refractivity contribution in [3.8, 4) is 0 Å². The molecule has 1 aliphatic rings. The Balaban J connectivity index is 2.41. The molecule has 1 aromatic carbocycles. The van der Waals surface area contributed by atoms with E-state index in [0.717, 1.165) is 5.56 Å². The minimum atomic E-state index is -4.15. The van der Waals surface area contributed by atoms with Crippen LogP contribution in [0.5, 0.6) is 0 Å². The van der Waals surface area contributed by atoms with Gasteiger partial charge in [-0.3, -0.25) is 0 Å². The van der Waals surface area contributed by atoms with Crippen LogP contribution in [0, 0.1) is 0 Å². The van der Waals surface area contributed by atoms with E-state index in [2.05, 4.69) is 5.32 Å². The zero-order chi connectivity index (χ0) is 10.2. The second kappa shape index (κ2) is 3.28. The maximum atomic E-state index is 12.6. The van der Waals surface area contributed by atoms with E-state index in [1.54, 1.807) is 24.3 Å². The molecule has 0 amide bonds. The highest BCUT2D eigenvalue weighted by molar-refractivity contribution is 5.33. The summed E-state index contributed by atoms with van der Waals surface area (Å²) in [7, 11) is 0. The van der Waals surface area contributed by atoms with Crippen molar-refractivity contribution in [1.82, 2.24) is 5.32 Å². The zero-order valence-electron chi connectivity index (χ0n) is 7.43. The number of hydrogen-bond donors (Lipinski definition) is 1. The standard InChI is InChI=1S/C10H10F3N/c11-10(12,13)9-6-14-5-7-3-1-2-4-8(7)9/h1-4,9,14H,5-6H2. The van der Waals surface area contributed by atoms with Crippen molar-refractivity contribution in [2.24, 2.45) is 0 Å². The average molecular weight is 201 g/mol. The third kappa shape index (κ3) is 1.62. The summed E-state index contributed by atoms with van der Waals surface area (Å²) in [6.45, 7) is 0.517. The normalized spacial score (nSPS) is 21.8. The van der Waals surface area contributed by atoms with Crippen LogP contribution in [0.1, 0.15) is 17.0 Å². The Hall–Kier alpha value is -1.03. The highest BCUT2D eigenvalue weighted by Gasteiger charge is 2.42.